The Morgan fingerprint density at radius 1 is 1.17 bits per heavy atom. The van der Waals surface area contributed by atoms with E-state index in [9.17, 15) is 14.4 Å². The predicted molar refractivity (Wildman–Crippen MR) is 88.8 cm³/mol. The van der Waals surface area contributed by atoms with E-state index in [0.717, 1.165) is 6.42 Å². The van der Waals surface area contributed by atoms with Gasteiger partial charge >= 0.3 is 6.03 Å². The number of halogens is 1. The summed E-state index contributed by atoms with van der Waals surface area (Å²) in [5.74, 6) is -0.487. The third kappa shape index (κ3) is 1.92. The average molecular weight is 348 g/mol. The van der Waals surface area contributed by atoms with Crippen molar-refractivity contribution in [2.24, 2.45) is 0 Å². The second-order valence-electron chi connectivity index (χ2n) is 6.73. The minimum Gasteiger partial charge on any atom is -0.310 e. The second-order valence-corrected chi connectivity index (χ2v) is 7.14. The van der Waals surface area contributed by atoms with E-state index in [2.05, 4.69) is 0 Å². The molecule has 2 atom stereocenters. The molecule has 4 amide bonds. The topological polar surface area (TPSA) is 60.9 Å². The number of benzene rings is 1. The van der Waals surface area contributed by atoms with Crippen molar-refractivity contribution in [2.75, 3.05) is 18.0 Å². The second kappa shape index (κ2) is 5.21. The van der Waals surface area contributed by atoms with Crippen molar-refractivity contribution < 1.29 is 14.4 Å². The van der Waals surface area contributed by atoms with Gasteiger partial charge in [-0.15, -0.1) is 0 Å². The number of imide groups is 1. The van der Waals surface area contributed by atoms with Gasteiger partial charge in [0.2, 0.25) is 5.91 Å². The van der Waals surface area contributed by atoms with E-state index >= 15 is 0 Å². The molecule has 0 spiro atoms. The first-order chi connectivity index (χ1) is 11.4. The summed E-state index contributed by atoms with van der Waals surface area (Å²) in [4.78, 5) is 42.7. The Bertz CT molecular complexity index is 752. The van der Waals surface area contributed by atoms with Crippen molar-refractivity contribution in [2.45, 2.75) is 37.8 Å². The zero-order valence-corrected chi connectivity index (χ0v) is 14.1. The molecule has 3 fully saturated rings. The van der Waals surface area contributed by atoms with E-state index in [0.29, 0.717) is 36.6 Å². The van der Waals surface area contributed by atoms with Crippen LogP contribution in [0.2, 0.25) is 5.02 Å². The molecule has 0 aliphatic carbocycles. The van der Waals surface area contributed by atoms with Crippen LogP contribution in [0.4, 0.5) is 10.5 Å². The molecule has 3 heterocycles. The summed E-state index contributed by atoms with van der Waals surface area (Å²) < 4.78 is 0. The first-order valence-corrected chi connectivity index (χ1v) is 8.54. The van der Waals surface area contributed by atoms with Gasteiger partial charge in [-0.1, -0.05) is 23.7 Å². The number of amides is 4. The summed E-state index contributed by atoms with van der Waals surface area (Å²) in [5, 5.41) is 0.484. The lowest BCUT2D eigenvalue weighted by Crippen LogP contribution is -2.47. The van der Waals surface area contributed by atoms with Gasteiger partial charge < -0.3 is 9.80 Å². The molecule has 3 aliphatic heterocycles. The van der Waals surface area contributed by atoms with Crippen molar-refractivity contribution in [1.82, 2.24) is 9.80 Å². The Morgan fingerprint density at radius 2 is 1.92 bits per heavy atom. The zero-order valence-electron chi connectivity index (χ0n) is 13.4. The molecule has 126 valence electrons. The van der Waals surface area contributed by atoms with Crippen LogP contribution in [0.3, 0.4) is 0 Å². The third-order valence-corrected chi connectivity index (χ3v) is 5.71. The summed E-state index contributed by atoms with van der Waals surface area (Å²) in [6.07, 6.45) is 1.92. The molecule has 0 N–H and O–H groups in total. The van der Waals surface area contributed by atoms with Crippen molar-refractivity contribution in [3.8, 4) is 0 Å². The molecule has 0 bridgehead atoms. The van der Waals surface area contributed by atoms with Crippen molar-refractivity contribution in [3.05, 3.63) is 29.3 Å². The maximum atomic E-state index is 12.9. The van der Waals surface area contributed by atoms with Crippen LogP contribution in [0, 0.1) is 0 Å². The van der Waals surface area contributed by atoms with Gasteiger partial charge in [0.15, 0.2) is 0 Å². The summed E-state index contributed by atoms with van der Waals surface area (Å²) in [6.45, 7) is 2.82. The van der Waals surface area contributed by atoms with Crippen LogP contribution in [0.25, 0.3) is 0 Å². The number of carbonyl (C=O) groups is 3. The van der Waals surface area contributed by atoms with Crippen LogP contribution in [0.1, 0.15) is 26.2 Å². The Labute approximate surface area is 144 Å². The van der Waals surface area contributed by atoms with Gasteiger partial charge in [0, 0.05) is 13.1 Å². The Morgan fingerprint density at radius 3 is 2.62 bits per heavy atom. The molecule has 3 saturated heterocycles. The minimum absolute atomic E-state index is 0.241. The molecule has 7 heteroatoms. The van der Waals surface area contributed by atoms with Gasteiger partial charge in [-0.25, -0.2) is 9.69 Å². The highest BCUT2D eigenvalue weighted by Crippen LogP contribution is 2.40. The third-order valence-electron chi connectivity index (χ3n) is 5.39. The molecule has 1 aromatic carbocycles. The number of nitrogens with zero attached hydrogens (tertiary/aromatic N) is 3. The summed E-state index contributed by atoms with van der Waals surface area (Å²) >= 11 is 6.18. The molecule has 4 rings (SSSR count). The fourth-order valence-electron chi connectivity index (χ4n) is 4.06. The standard InChI is InChI=1S/C17H18ClN3O3/c1-17-8-4-9-20(17)16(24)21(15(17)23)13-7-10-19(14(13)22)12-6-3-2-5-11(12)18/h2-3,5-6,13H,4,7-10H2,1H3. The van der Waals surface area contributed by atoms with Crippen LogP contribution in [0.15, 0.2) is 24.3 Å². The number of urea groups is 1. The van der Waals surface area contributed by atoms with Crippen molar-refractivity contribution >= 4 is 35.1 Å². The van der Waals surface area contributed by atoms with E-state index in [-0.39, 0.29) is 17.8 Å². The Kier molecular flexibility index (Phi) is 3.35. The predicted octanol–water partition coefficient (Wildman–Crippen LogP) is 2.26. The zero-order chi connectivity index (χ0) is 17.1. The van der Waals surface area contributed by atoms with E-state index < -0.39 is 11.6 Å². The number of rotatable bonds is 2. The largest absolute Gasteiger partial charge is 0.328 e. The lowest BCUT2D eigenvalue weighted by molar-refractivity contribution is -0.136. The number of para-hydroxylation sites is 1. The van der Waals surface area contributed by atoms with Crippen LogP contribution in [-0.2, 0) is 9.59 Å². The van der Waals surface area contributed by atoms with Crippen LogP contribution in [0.5, 0.6) is 0 Å². The molecule has 0 radical (unpaired) electrons. The molecule has 6 nitrogen and oxygen atoms in total. The molecular formula is C17H18ClN3O3. The van der Waals surface area contributed by atoms with Gasteiger partial charge in [0.25, 0.3) is 5.91 Å². The van der Waals surface area contributed by atoms with Gasteiger partial charge in [0.1, 0.15) is 11.6 Å². The van der Waals surface area contributed by atoms with E-state index in [1.165, 1.54) is 4.90 Å². The van der Waals surface area contributed by atoms with Gasteiger partial charge in [0.05, 0.1) is 10.7 Å². The number of anilines is 1. The normalized spacial score (nSPS) is 29.8. The number of hydrogen-bond acceptors (Lipinski definition) is 3. The van der Waals surface area contributed by atoms with Crippen LogP contribution >= 0.6 is 11.6 Å². The van der Waals surface area contributed by atoms with Crippen molar-refractivity contribution in [1.29, 1.82) is 0 Å². The van der Waals surface area contributed by atoms with E-state index in [1.807, 2.05) is 6.07 Å². The molecule has 0 aromatic heterocycles. The summed E-state index contributed by atoms with van der Waals surface area (Å²) in [6, 6.07) is 6.04. The average Bonchev–Trinajstić information content (AvgIpc) is 3.17. The lowest BCUT2D eigenvalue weighted by atomic mass is 9.99. The first-order valence-electron chi connectivity index (χ1n) is 8.16. The highest BCUT2D eigenvalue weighted by atomic mass is 35.5. The van der Waals surface area contributed by atoms with E-state index in [4.69, 9.17) is 11.6 Å². The highest BCUT2D eigenvalue weighted by molar-refractivity contribution is 6.34. The number of fused-ring (bicyclic) bond motifs is 1. The fourth-order valence-corrected chi connectivity index (χ4v) is 4.30. The minimum atomic E-state index is -0.783. The van der Waals surface area contributed by atoms with Crippen LogP contribution < -0.4 is 4.90 Å². The molecule has 0 saturated carbocycles. The molecule has 3 aliphatic rings. The molecule has 2 unspecified atom stereocenters. The first kappa shape index (κ1) is 15.4. The maximum absolute atomic E-state index is 12.9. The van der Waals surface area contributed by atoms with Gasteiger partial charge in [-0.3, -0.25) is 9.59 Å². The molecular weight excluding hydrogens is 330 g/mol. The number of hydrogen-bond donors (Lipinski definition) is 0. The van der Waals surface area contributed by atoms with Gasteiger partial charge in [-0.2, -0.15) is 0 Å². The van der Waals surface area contributed by atoms with Crippen molar-refractivity contribution in [3.63, 3.8) is 0 Å². The number of carbonyl (C=O) groups excluding carboxylic acids is 3. The Hall–Kier alpha value is -2.08. The monoisotopic (exact) mass is 347 g/mol. The summed E-state index contributed by atoms with van der Waals surface area (Å²) in [5.41, 5.74) is -0.160. The van der Waals surface area contributed by atoms with Crippen LogP contribution in [-0.4, -0.2) is 52.3 Å². The Balaban J connectivity index is 1.63. The highest BCUT2D eigenvalue weighted by Gasteiger charge is 2.60. The SMILES string of the molecule is CC12CCCN1C(=O)N(C1CCN(c3ccccc3Cl)C1=O)C2=O. The lowest BCUT2D eigenvalue weighted by Gasteiger charge is -2.23. The molecule has 1 aromatic rings. The maximum Gasteiger partial charge on any atom is 0.328 e. The summed E-state index contributed by atoms with van der Waals surface area (Å²) in [7, 11) is 0. The molecule has 24 heavy (non-hydrogen) atoms. The van der Waals surface area contributed by atoms with E-state index in [1.54, 1.807) is 34.9 Å². The fraction of sp³-hybridized carbons (Fsp3) is 0.471. The van der Waals surface area contributed by atoms with Gasteiger partial charge in [-0.05, 0) is 38.3 Å². The quantitative estimate of drug-likeness (QED) is 0.771. The smallest absolute Gasteiger partial charge is 0.310 e.